The van der Waals surface area contributed by atoms with E-state index in [0.29, 0.717) is 21.5 Å². The van der Waals surface area contributed by atoms with E-state index in [0.717, 1.165) is 6.07 Å². The Morgan fingerprint density at radius 1 is 1.50 bits per heavy atom. The Morgan fingerprint density at radius 3 is 2.89 bits per heavy atom. The van der Waals surface area contributed by atoms with Gasteiger partial charge in [0.05, 0.1) is 11.2 Å². The van der Waals surface area contributed by atoms with Crippen LogP contribution in [0.5, 0.6) is 0 Å². The summed E-state index contributed by atoms with van der Waals surface area (Å²) in [6.45, 7) is 1.72. The van der Waals surface area contributed by atoms with Gasteiger partial charge >= 0.3 is 0 Å². The van der Waals surface area contributed by atoms with Gasteiger partial charge < -0.3 is 4.98 Å². The molecular formula is C11H7ClN4O2. The largest absolute Gasteiger partial charge is 0.351 e. The topological polar surface area (TPSA) is 98.7 Å². The van der Waals surface area contributed by atoms with Crippen LogP contribution in [-0.2, 0) is 0 Å². The molecule has 0 fully saturated rings. The van der Waals surface area contributed by atoms with E-state index < -0.39 is 5.91 Å². The summed E-state index contributed by atoms with van der Waals surface area (Å²) in [7, 11) is 0. The van der Waals surface area contributed by atoms with Crippen LogP contribution in [0.4, 0.5) is 0 Å². The fourth-order valence-electron chi connectivity index (χ4n) is 1.64. The Kier molecular flexibility index (Phi) is 3.06. The molecule has 0 saturated carbocycles. The van der Waals surface area contributed by atoms with Gasteiger partial charge in [0.1, 0.15) is 0 Å². The van der Waals surface area contributed by atoms with Crippen molar-refractivity contribution in [3.63, 3.8) is 0 Å². The van der Waals surface area contributed by atoms with Gasteiger partial charge in [-0.2, -0.15) is 0 Å². The van der Waals surface area contributed by atoms with E-state index in [1.54, 1.807) is 19.1 Å². The number of hydrogen-bond acceptors (Lipinski definition) is 2. The van der Waals surface area contributed by atoms with Gasteiger partial charge in [-0.1, -0.05) is 11.6 Å². The smallest absolute Gasteiger partial charge is 0.265 e. The number of pyridine rings is 1. The molecule has 0 bridgehead atoms. The zero-order chi connectivity index (χ0) is 13.3. The number of azide groups is 1. The number of carbonyl (C=O) groups is 1. The first-order valence-electron chi connectivity index (χ1n) is 4.96. The fraction of sp³-hybridized carbons (Fsp3) is 0.0909. The van der Waals surface area contributed by atoms with Crippen molar-refractivity contribution in [1.82, 2.24) is 4.98 Å². The number of carbonyl (C=O) groups excluding carboxylic acids is 1. The molecule has 90 valence electrons. The van der Waals surface area contributed by atoms with Crippen molar-refractivity contribution in [3.8, 4) is 0 Å². The molecule has 1 amide bonds. The molecule has 0 aliphatic heterocycles. The maximum Gasteiger partial charge on any atom is 0.265 e. The molecule has 1 N–H and O–H groups in total. The van der Waals surface area contributed by atoms with E-state index in [4.69, 9.17) is 17.1 Å². The second-order valence-electron chi connectivity index (χ2n) is 3.64. The Bertz CT molecular complexity index is 759. The normalized spacial score (nSPS) is 10.1. The van der Waals surface area contributed by atoms with Crippen LogP contribution in [0.3, 0.4) is 0 Å². The zero-order valence-corrected chi connectivity index (χ0v) is 10.0. The highest BCUT2D eigenvalue weighted by Gasteiger charge is 2.10. The highest BCUT2D eigenvalue weighted by molar-refractivity contribution is 6.32. The van der Waals surface area contributed by atoms with Gasteiger partial charge in [-0.15, -0.1) is 0 Å². The van der Waals surface area contributed by atoms with E-state index in [2.05, 4.69) is 15.0 Å². The first-order valence-corrected chi connectivity index (χ1v) is 5.34. The molecule has 1 heterocycles. The number of H-pyrrole nitrogens is 1. The lowest BCUT2D eigenvalue weighted by Crippen LogP contribution is -2.09. The van der Waals surface area contributed by atoms with Gasteiger partial charge in [0, 0.05) is 21.4 Å². The number of rotatable bonds is 1. The Hall–Kier alpha value is -2.30. The third-order valence-corrected chi connectivity index (χ3v) is 2.97. The van der Waals surface area contributed by atoms with Crippen LogP contribution in [0.1, 0.15) is 16.1 Å². The van der Waals surface area contributed by atoms with Crippen LogP contribution in [0.25, 0.3) is 21.3 Å². The lowest BCUT2D eigenvalue weighted by atomic mass is 10.1. The molecule has 0 aliphatic rings. The third-order valence-electron chi connectivity index (χ3n) is 2.57. The average Bonchev–Trinajstić information content (AvgIpc) is 2.34. The first-order chi connectivity index (χ1) is 8.54. The molecule has 0 aliphatic carbocycles. The molecule has 2 aromatic rings. The maximum atomic E-state index is 11.8. The van der Waals surface area contributed by atoms with Gasteiger partial charge in [-0.3, -0.25) is 9.59 Å². The Morgan fingerprint density at radius 2 is 2.22 bits per heavy atom. The number of fused-ring (bicyclic) bond motifs is 1. The molecule has 0 saturated heterocycles. The van der Waals surface area contributed by atoms with Gasteiger partial charge in [-0.05, 0) is 35.3 Å². The second kappa shape index (κ2) is 4.52. The van der Waals surface area contributed by atoms with Gasteiger partial charge in [-0.25, -0.2) is 0 Å². The standard InChI is InChI=1S/C11H7ClN4O2/c1-5-7(12)3-2-6-9(17)4-8(14-10(5)6)11(18)15-16-13/h2-4H,1H3,(H,14,17). The van der Waals surface area contributed by atoms with Crippen molar-refractivity contribution >= 4 is 28.4 Å². The minimum atomic E-state index is -0.837. The zero-order valence-electron chi connectivity index (χ0n) is 9.27. The van der Waals surface area contributed by atoms with Gasteiger partial charge in [0.15, 0.2) is 5.43 Å². The van der Waals surface area contributed by atoms with E-state index >= 15 is 0 Å². The Balaban J connectivity index is 2.83. The predicted molar refractivity (Wildman–Crippen MR) is 67.8 cm³/mol. The van der Waals surface area contributed by atoms with Crippen molar-refractivity contribution in [2.45, 2.75) is 6.92 Å². The van der Waals surface area contributed by atoms with Crippen molar-refractivity contribution in [3.05, 3.63) is 55.1 Å². The van der Waals surface area contributed by atoms with Crippen LogP contribution in [0.15, 0.2) is 28.1 Å². The second-order valence-corrected chi connectivity index (χ2v) is 4.04. The molecule has 0 atom stereocenters. The summed E-state index contributed by atoms with van der Waals surface area (Å²) in [5.74, 6) is -0.837. The summed E-state index contributed by atoms with van der Waals surface area (Å²) in [5.41, 5.74) is 8.93. The maximum absolute atomic E-state index is 11.8. The number of aromatic amines is 1. The number of benzene rings is 1. The van der Waals surface area contributed by atoms with Crippen molar-refractivity contribution < 1.29 is 4.79 Å². The summed E-state index contributed by atoms with van der Waals surface area (Å²) >= 11 is 5.94. The lowest BCUT2D eigenvalue weighted by Gasteiger charge is -2.05. The number of aryl methyl sites for hydroxylation is 1. The number of halogens is 1. The molecule has 0 unspecified atom stereocenters. The lowest BCUT2D eigenvalue weighted by molar-refractivity contribution is 0.0996. The minimum absolute atomic E-state index is 0.0596. The van der Waals surface area contributed by atoms with Gasteiger partial charge in [0.25, 0.3) is 5.91 Å². The molecular weight excluding hydrogens is 256 g/mol. The SMILES string of the molecule is Cc1c(Cl)ccc2c(=O)cc(C(=O)N=[N+]=[N-])[nH]c12. The summed E-state index contributed by atoms with van der Waals surface area (Å²) < 4.78 is 0. The quantitative estimate of drug-likeness (QED) is 0.485. The van der Waals surface area contributed by atoms with Crippen molar-refractivity contribution in [2.75, 3.05) is 0 Å². The van der Waals surface area contributed by atoms with Crippen molar-refractivity contribution in [2.24, 2.45) is 5.11 Å². The van der Waals surface area contributed by atoms with Gasteiger partial charge in [0.2, 0.25) is 0 Å². The highest BCUT2D eigenvalue weighted by Crippen LogP contribution is 2.22. The average molecular weight is 263 g/mol. The fourth-order valence-corrected chi connectivity index (χ4v) is 1.80. The summed E-state index contributed by atoms with van der Waals surface area (Å²) in [6, 6.07) is 4.29. The molecule has 6 nitrogen and oxygen atoms in total. The van der Waals surface area contributed by atoms with E-state index in [9.17, 15) is 9.59 Å². The first kappa shape index (κ1) is 12.2. The molecule has 2 rings (SSSR count). The minimum Gasteiger partial charge on any atom is -0.351 e. The number of aromatic nitrogens is 1. The monoisotopic (exact) mass is 262 g/mol. The number of nitrogens with zero attached hydrogens (tertiary/aromatic N) is 3. The predicted octanol–water partition coefficient (Wildman–Crippen LogP) is 2.94. The van der Waals surface area contributed by atoms with Crippen molar-refractivity contribution in [1.29, 1.82) is 0 Å². The molecule has 1 aromatic heterocycles. The van der Waals surface area contributed by atoms with Crippen LogP contribution in [0, 0.1) is 6.92 Å². The molecule has 1 aromatic carbocycles. The van der Waals surface area contributed by atoms with E-state index in [1.807, 2.05) is 0 Å². The summed E-state index contributed by atoms with van der Waals surface area (Å²) in [6.07, 6.45) is 0. The van der Waals surface area contributed by atoms with E-state index in [1.165, 1.54) is 0 Å². The number of amides is 1. The summed E-state index contributed by atoms with van der Waals surface area (Å²) in [4.78, 5) is 28.4. The van der Waals surface area contributed by atoms with Crippen LogP contribution < -0.4 is 5.43 Å². The Labute approximate surface area is 106 Å². The van der Waals surface area contributed by atoms with Crippen LogP contribution >= 0.6 is 11.6 Å². The molecule has 0 radical (unpaired) electrons. The molecule has 7 heteroatoms. The number of hydrogen-bond donors (Lipinski definition) is 1. The number of nitrogens with one attached hydrogen (secondary N) is 1. The van der Waals surface area contributed by atoms with E-state index in [-0.39, 0.29) is 11.1 Å². The highest BCUT2D eigenvalue weighted by atomic mass is 35.5. The third kappa shape index (κ3) is 1.95. The molecule has 0 spiro atoms. The summed E-state index contributed by atoms with van der Waals surface area (Å²) in [5, 5.41) is 3.84. The van der Waals surface area contributed by atoms with Crippen LogP contribution in [-0.4, -0.2) is 10.9 Å². The molecule has 18 heavy (non-hydrogen) atoms. The van der Waals surface area contributed by atoms with Crippen LogP contribution in [0.2, 0.25) is 5.02 Å².